The molecule has 24 heavy (non-hydrogen) atoms. The highest BCUT2D eigenvalue weighted by Gasteiger charge is 2.22. The summed E-state index contributed by atoms with van der Waals surface area (Å²) in [5.74, 6) is 0.742. The molecule has 6 nitrogen and oxygen atoms in total. The largest absolute Gasteiger partial charge is 0.497 e. The zero-order valence-electron chi connectivity index (χ0n) is 13.6. The number of hydrogen-bond acceptors (Lipinski definition) is 3. The number of ether oxygens (including phenoxy) is 1. The standard InChI is InChI=1S/C18H20N4O2/c1-24-12-5-6-15-14(9-12)11(10-20-15)7-8-19-18(23)17-13-3-2-4-16(13)21-22-17/h5-6,9-10,20H,2-4,7-8H2,1H3,(H,19,23)(H,21,22). The third-order valence-corrected chi connectivity index (χ3v) is 4.68. The molecule has 3 N–H and O–H groups in total. The van der Waals surface area contributed by atoms with Gasteiger partial charge in [0, 0.05) is 34.9 Å². The summed E-state index contributed by atoms with van der Waals surface area (Å²) in [6, 6.07) is 5.95. The van der Waals surface area contributed by atoms with Crippen LogP contribution in [0.3, 0.4) is 0 Å². The van der Waals surface area contributed by atoms with Crippen molar-refractivity contribution in [3.63, 3.8) is 0 Å². The first-order valence-corrected chi connectivity index (χ1v) is 8.24. The fourth-order valence-corrected chi connectivity index (χ4v) is 3.39. The highest BCUT2D eigenvalue weighted by Crippen LogP contribution is 2.24. The van der Waals surface area contributed by atoms with Crippen LogP contribution in [0.4, 0.5) is 0 Å². The zero-order valence-corrected chi connectivity index (χ0v) is 13.6. The van der Waals surface area contributed by atoms with E-state index < -0.39 is 0 Å². The summed E-state index contributed by atoms with van der Waals surface area (Å²) in [5, 5.41) is 11.3. The Hall–Kier alpha value is -2.76. The Kier molecular flexibility index (Phi) is 3.72. The molecule has 1 amide bonds. The molecule has 0 saturated carbocycles. The number of methoxy groups -OCH3 is 1. The first kappa shape index (κ1) is 14.8. The van der Waals surface area contributed by atoms with Crippen molar-refractivity contribution in [1.82, 2.24) is 20.5 Å². The van der Waals surface area contributed by atoms with Crippen LogP contribution in [0.1, 0.15) is 33.7 Å². The molecule has 6 heteroatoms. The second-order valence-electron chi connectivity index (χ2n) is 6.11. The molecular weight excluding hydrogens is 304 g/mol. The lowest BCUT2D eigenvalue weighted by molar-refractivity contribution is 0.0948. The van der Waals surface area contributed by atoms with Gasteiger partial charge in [-0.25, -0.2) is 0 Å². The van der Waals surface area contributed by atoms with E-state index in [1.54, 1.807) is 7.11 Å². The number of nitrogens with zero attached hydrogens (tertiary/aromatic N) is 1. The Morgan fingerprint density at radius 2 is 2.29 bits per heavy atom. The van der Waals surface area contributed by atoms with Gasteiger partial charge in [0.1, 0.15) is 5.75 Å². The molecule has 4 rings (SSSR count). The molecule has 0 fully saturated rings. The molecule has 0 unspecified atom stereocenters. The van der Waals surface area contributed by atoms with Gasteiger partial charge in [-0.2, -0.15) is 5.10 Å². The van der Waals surface area contributed by atoms with Crippen LogP contribution in [-0.2, 0) is 19.3 Å². The van der Waals surface area contributed by atoms with E-state index in [1.165, 1.54) is 0 Å². The molecular formula is C18H20N4O2. The topological polar surface area (TPSA) is 82.8 Å². The van der Waals surface area contributed by atoms with Crippen molar-refractivity contribution in [2.75, 3.05) is 13.7 Å². The summed E-state index contributed by atoms with van der Waals surface area (Å²) in [6.07, 6.45) is 5.78. The summed E-state index contributed by atoms with van der Waals surface area (Å²) < 4.78 is 5.29. The first-order valence-electron chi connectivity index (χ1n) is 8.24. The van der Waals surface area contributed by atoms with Crippen molar-refractivity contribution < 1.29 is 9.53 Å². The maximum absolute atomic E-state index is 12.3. The van der Waals surface area contributed by atoms with Crippen molar-refractivity contribution in [3.8, 4) is 5.75 Å². The minimum atomic E-state index is -0.0909. The van der Waals surface area contributed by atoms with Gasteiger partial charge in [-0.1, -0.05) is 0 Å². The molecule has 1 aliphatic rings. The molecule has 0 atom stereocenters. The van der Waals surface area contributed by atoms with Crippen LogP contribution >= 0.6 is 0 Å². The Labute approximate surface area is 139 Å². The fourth-order valence-electron chi connectivity index (χ4n) is 3.39. The van der Waals surface area contributed by atoms with E-state index in [0.717, 1.165) is 59.2 Å². The van der Waals surface area contributed by atoms with E-state index in [9.17, 15) is 4.79 Å². The van der Waals surface area contributed by atoms with Crippen LogP contribution in [-0.4, -0.2) is 34.7 Å². The Morgan fingerprint density at radius 1 is 1.38 bits per heavy atom. The number of aryl methyl sites for hydroxylation is 1. The Bertz CT molecular complexity index is 894. The molecule has 0 spiro atoms. The number of benzene rings is 1. The van der Waals surface area contributed by atoms with Gasteiger partial charge in [-0.3, -0.25) is 9.89 Å². The van der Waals surface area contributed by atoms with E-state index in [4.69, 9.17) is 4.74 Å². The number of fused-ring (bicyclic) bond motifs is 2. The molecule has 3 aromatic rings. The average molecular weight is 324 g/mol. The van der Waals surface area contributed by atoms with Crippen LogP contribution < -0.4 is 10.1 Å². The fraction of sp³-hybridized carbons (Fsp3) is 0.333. The SMILES string of the molecule is COc1ccc2[nH]cc(CCNC(=O)c3n[nH]c4c3CCC4)c2c1. The summed E-state index contributed by atoms with van der Waals surface area (Å²) in [7, 11) is 1.66. The number of rotatable bonds is 5. The monoisotopic (exact) mass is 324 g/mol. The molecule has 0 saturated heterocycles. The number of nitrogens with one attached hydrogen (secondary N) is 3. The normalized spacial score (nSPS) is 13.2. The average Bonchev–Trinajstić information content (AvgIpc) is 3.29. The molecule has 2 aromatic heterocycles. The van der Waals surface area contributed by atoms with Gasteiger partial charge in [0.2, 0.25) is 0 Å². The van der Waals surface area contributed by atoms with Crippen LogP contribution in [0, 0.1) is 0 Å². The van der Waals surface area contributed by atoms with Gasteiger partial charge in [-0.05, 0) is 49.4 Å². The smallest absolute Gasteiger partial charge is 0.272 e. The van der Waals surface area contributed by atoms with Crippen LogP contribution in [0.2, 0.25) is 0 Å². The van der Waals surface area contributed by atoms with E-state index in [-0.39, 0.29) is 5.91 Å². The molecule has 0 aliphatic heterocycles. The number of hydrogen-bond donors (Lipinski definition) is 3. The summed E-state index contributed by atoms with van der Waals surface area (Å²) in [6.45, 7) is 0.574. The van der Waals surface area contributed by atoms with Crippen molar-refractivity contribution in [2.24, 2.45) is 0 Å². The Balaban J connectivity index is 1.43. The highest BCUT2D eigenvalue weighted by molar-refractivity contribution is 5.94. The van der Waals surface area contributed by atoms with Crippen LogP contribution in [0.5, 0.6) is 5.75 Å². The molecule has 0 radical (unpaired) electrons. The van der Waals surface area contributed by atoms with E-state index in [2.05, 4.69) is 20.5 Å². The quantitative estimate of drug-likeness (QED) is 0.674. The summed E-state index contributed by atoms with van der Waals surface area (Å²) in [4.78, 5) is 15.6. The number of amides is 1. The van der Waals surface area contributed by atoms with Gasteiger partial charge in [0.05, 0.1) is 7.11 Å². The van der Waals surface area contributed by atoms with E-state index in [0.29, 0.717) is 12.2 Å². The maximum Gasteiger partial charge on any atom is 0.272 e. The lowest BCUT2D eigenvalue weighted by Crippen LogP contribution is -2.26. The second-order valence-corrected chi connectivity index (χ2v) is 6.11. The predicted octanol–water partition coefficient (Wildman–Crippen LogP) is 2.36. The number of aromatic nitrogens is 3. The number of carbonyl (C=O) groups excluding carboxylic acids is 1. The highest BCUT2D eigenvalue weighted by atomic mass is 16.5. The number of aromatic amines is 2. The minimum absolute atomic E-state index is 0.0909. The molecule has 1 aliphatic carbocycles. The third-order valence-electron chi connectivity index (χ3n) is 4.68. The van der Waals surface area contributed by atoms with Gasteiger partial charge in [-0.15, -0.1) is 0 Å². The van der Waals surface area contributed by atoms with Gasteiger partial charge < -0.3 is 15.0 Å². The van der Waals surface area contributed by atoms with E-state index >= 15 is 0 Å². The zero-order chi connectivity index (χ0) is 16.5. The van der Waals surface area contributed by atoms with Crippen LogP contribution in [0.15, 0.2) is 24.4 Å². The predicted molar refractivity (Wildman–Crippen MR) is 91.5 cm³/mol. The summed E-state index contributed by atoms with van der Waals surface area (Å²) >= 11 is 0. The number of carbonyl (C=O) groups is 1. The molecule has 1 aromatic carbocycles. The maximum atomic E-state index is 12.3. The van der Waals surface area contributed by atoms with Crippen LogP contribution in [0.25, 0.3) is 10.9 Å². The molecule has 2 heterocycles. The van der Waals surface area contributed by atoms with Gasteiger partial charge in [0.15, 0.2) is 5.69 Å². The van der Waals surface area contributed by atoms with Gasteiger partial charge >= 0.3 is 0 Å². The van der Waals surface area contributed by atoms with Crippen molar-refractivity contribution in [2.45, 2.75) is 25.7 Å². The number of H-pyrrole nitrogens is 2. The van der Waals surface area contributed by atoms with Crippen molar-refractivity contribution in [1.29, 1.82) is 0 Å². The minimum Gasteiger partial charge on any atom is -0.497 e. The summed E-state index contributed by atoms with van der Waals surface area (Å²) in [5.41, 5.74) is 5.00. The lowest BCUT2D eigenvalue weighted by Gasteiger charge is -2.05. The second kappa shape index (κ2) is 6.03. The van der Waals surface area contributed by atoms with E-state index in [1.807, 2.05) is 24.4 Å². The molecule has 124 valence electrons. The third kappa shape index (κ3) is 2.54. The molecule has 0 bridgehead atoms. The Morgan fingerprint density at radius 3 is 3.17 bits per heavy atom. The van der Waals surface area contributed by atoms with Gasteiger partial charge in [0.25, 0.3) is 5.91 Å². The first-order chi connectivity index (χ1) is 11.8. The lowest BCUT2D eigenvalue weighted by atomic mass is 10.1. The van der Waals surface area contributed by atoms with Crippen molar-refractivity contribution >= 4 is 16.8 Å². The van der Waals surface area contributed by atoms with Crippen molar-refractivity contribution in [3.05, 3.63) is 46.9 Å².